The molecule has 0 spiro atoms. The van der Waals surface area contributed by atoms with E-state index in [0.717, 1.165) is 23.6 Å². The number of hydrogen-bond acceptors (Lipinski definition) is 17. The number of nitrogens with two attached hydrogens (primary N) is 2. The third kappa shape index (κ3) is 12.0. The second kappa shape index (κ2) is 20.7. The molecule has 6 fully saturated rings. The summed E-state index contributed by atoms with van der Waals surface area (Å²) in [6.07, 6.45) is 4.29. The van der Waals surface area contributed by atoms with Gasteiger partial charge in [0.15, 0.2) is 0 Å². The Bertz CT molecular complexity index is 1830. The molecule has 6 rings (SSSR count). The summed E-state index contributed by atoms with van der Waals surface area (Å²) in [7, 11) is -14.2. The van der Waals surface area contributed by atoms with Gasteiger partial charge in [-0.15, -0.1) is 0 Å². The van der Waals surface area contributed by atoms with Crippen LogP contribution in [0.1, 0.15) is 57.8 Å². The largest absolute Gasteiger partial charge is 0.480 e. The van der Waals surface area contributed by atoms with Crippen molar-refractivity contribution in [2.45, 2.75) is 106 Å². The molecular weight excluding hydrogens is 866 g/mol. The molecule has 6 aliphatic heterocycles. The number of carbonyl (C=O) groups is 2. The maximum absolute atomic E-state index is 13.6. The summed E-state index contributed by atoms with van der Waals surface area (Å²) in [5, 5.41) is 61.7. The zero-order valence-corrected chi connectivity index (χ0v) is 36.9. The molecule has 0 bridgehead atoms. The van der Waals surface area contributed by atoms with Crippen LogP contribution in [0.3, 0.4) is 0 Å². The molecule has 0 aliphatic carbocycles. The summed E-state index contributed by atoms with van der Waals surface area (Å²) in [6, 6.07) is -0.987. The summed E-state index contributed by atoms with van der Waals surface area (Å²) in [6.45, 7) is 2.06. The molecule has 5 atom stereocenters. The lowest BCUT2D eigenvalue weighted by Gasteiger charge is -2.44. The van der Waals surface area contributed by atoms with Gasteiger partial charge in [0.2, 0.25) is 0 Å². The van der Waals surface area contributed by atoms with Crippen molar-refractivity contribution in [2.75, 3.05) is 77.0 Å². The van der Waals surface area contributed by atoms with Gasteiger partial charge in [0, 0.05) is 83.4 Å². The number of carboxylic acids is 2. The van der Waals surface area contributed by atoms with Crippen LogP contribution in [0.4, 0.5) is 0 Å². The molecule has 0 aromatic heterocycles. The molecule has 0 saturated carbocycles. The molecule has 0 radical (unpaired) electrons. The smallest absolute Gasteiger partial charge is 0.451 e. The Morgan fingerprint density at radius 1 is 0.738 bits per heavy atom. The fourth-order valence-electron chi connectivity index (χ4n) is 9.02. The zero-order chi connectivity index (χ0) is 45.0. The van der Waals surface area contributed by atoms with E-state index in [4.69, 9.17) is 36.3 Å². The minimum atomic E-state index is -4.09. The van der Waals surface area contributed by atoms with E-state index in [0.29, 0.717) is 52.0 Å². The lowest BCUT2D eigenvalue weighted by Crippen LogP contribution is -2.65. The van der Waals surface area contributed by atoms with E-state index in [1.54, 1.807) is 0 Å². The Labute approximate surface area is 359 Å². The SMILES string of the molecule is N[C@@]1(C(=O)O)CN(S(=O)(=O)N(C2CCS(=O)(=O)CC2)C2CNC2)C[C@@H]1CCCB(O)O.N[C@@]1(C(=O)O)CN(S(=O)(=O)N(CC2CCCCO2)C2CNC2)C[C@@H]1CCCB(O)O. The van der Waals surface area contributed by atoms with Gasteiger partial charge >= 0.3 is 26.2 Å². The zero-order valence-electron chi connectivity index (χ0n) is 34.4. The monoisotopic (exact) mass is 930 g/mol. The number of aliphatic carboxylic acids is 2. The molecule has 6 heterocycles. The van der Waals surface area contributed by atoms with Crippen molar-refractivity contribution in [3.8, 4) is 0 Å². The van der Waals surface area contributed by atoms with Gasteiger partial charge in [0.05, 0.1) is 29.7 Å². The number of ether oxygens (including phenoxy) is 1. The van der Waals surface area contributed by atoms with Gasteiger partial charge in [-0.1, -0.05) is 12.8 Å². The topological polar surface area (TPSA) is 356 Å². The molecule has 12 N–H and O–H groups in total. The standard InChI is InChI=1S/C17H33BN4O7S.C16H31BN4O8S2/c19-17(16(23)24)12-21(10-13(17)4-3-6-18(25)26)30(27,28)22(14-8-20-9-14)11-15-5-1-2-7-29-15;18-16(15(22)23)11-20(10-12(16)2-1-5-17(24)25)31(28,29)21(14-8-19-9-14)13-3-6-30(26,27)7-4-13/h13-15,20,25-26H,1-12,19H2,(H,23,24);12-14,19,24-25H,1-11,18H2,(H,22,23)/t13-,15?,17-;12-,16-/m00/s1. The van der Waals surface area contributed by atoms with Crippen molar-refractivity contribution in [3.63, 3.8) is 0 Å². The van der Waals surface area contributed by atoms with Gasteiger partial charge in [-0.2, -0.15) is 34.1 Å². The number of rotatable bonds is 19. The summed E-state index contributed by atoms with van der Waals surface area (Å²) < 4.78 is 88.7. The first-order chi connectivity index (χ1) is 28.5. The Kier molecular flexibility index (Phi) is 17.1. The summed E-state index contributed by atoms with van der Waals surface area (Å²) >= 11 is 0. The third-order valence-electron chi connectivity index (χ3n) is 13.1. The fraction of sp³-hybridized carbons (Fsp3) is 0.939. The Morgan fingerprint density at radius 2 is 1.21 bits per heavy atom. The van der Waals surface area contributed by atoms with Crippen LogP contribution in [0.25, 0.3) is 0 Å². The highest BCUT2D eigenvalue weighted by Gasteiger charge is 2.56. The van der Waals surface area contributed by atoms with E-state index in [1.165, 1.54) is 12.9 Å². The predicted molar refractivity (Wildman–Crippen MR) is 223 cm³/mol. The molecule has 61 heavy (non-hydrogen) atoms. The van der Waals surface area contributed by atoms with Crippen LogP contribution in [0.5, 0.6) is 0 Å². The van der Waals surface area contributed by atoms with Crippen LogP contribution in [-0.2, 0) is 44.6 Å². The van der Waals surface area contributed by atoms with Crippen LogP contribution in [0.15, 0.2) is 0 Å². The minimum Gasteiger partial charge on any atom is -0.480 e. The Hall–Kier alpha value is -1.60. The van der Waals surface area contributed by atoms with Gasteiger partial charge in [0.1, 0.15) is 20.9 Å². The van der Waals surface area contributed by atoms with Crippen LogP contribution < -0.4 is 22.1 Å². The van der Waals surface area contributed by atoms with Crippen LogP contribution in [0.2, 0.25) is 12.6 Å². The van der Waals surface area contributed by atoms with E-state index < -0.39 is 91.9 Å². The van der Waals surface area contributed by atoms with Crippen molar-refractivity contribution < 1.29 is 69.9 Å². The maximum Gasteiger partial charge on any atom is 0.451 e. The number of nitrogens with one attached hydrogen (secondary N) is 2. The number of sulfone groups is 1. The summed E-state index contributed by atoms with van der Waals surface area (Å²) in [5.74, 6) is -4.01. The summed E-state index contributed by atoms with van der Waals surface area (Å²) in [4.78, 5) is 23.8. The van der Waals surface area contributed by atoms with E-state index in [9.17, 15) is 45.1 Å². The molecule has 28 heteroatoms. The average molecular weight is 931 g/mol. The molecular formula is C33H64B2N8O15S3. The van der Waals surface area contributed by atoms with Crippen molar-refractivity contribution >= 4 is 56.4 Å². The highest BCUT2D eigenvalue weighted by Crippen LogP contribution is 2.37. The minimum absolute atomic E-state index is 0.00513. The predicted octanol–water partition coefficient (Wildman–Crippen LogP) is -4.91. The number of hydrogen-bond donors (Lipinski definition) is 10. The van der Waals surface area contributed by atoms with Gasteiger partial charge in [-0.25, -0.2) is 8.42 Å². The quantitative estimate of drug-likeness (QED) is 0.0543. The van der Waals surface area contributed by atoms with Gasteiger partial charge < -0.3 is 57.1 Å². The van der Waals surface area contributed by atoms with Gasteiger partial charge in [-0.3, -0.25) is 9.59 Å². The lowest BCUT2D eigenvalue weighted by molar-refractivity contribution is -0.145. The van der Waals surface area contributed by atoms with Crippen molar-refractivity contribution in [1.29, 1.82) is 0 Å². The number of nitrogens with zero attached hydrogens (tertiary/aromatic N) is 4. The van der Waals surface area contributed by atoms with Crippen molar-refractivity contribution in [2.24, 2.45) is 23.3 Å². The van der Waals surface area contributed by atoms with Gasteiger partial charge in [0.25, 0.3) is 20.4 Å². The molecule has 0 aromatic rings. The second-order valence-electron chi connectivity index (χ2n) is 17.4. The summed E-state index contributed by atoms with van der Waals surface area (Å²) in [5.41, 5.74) is 8.82. The first-order valence-corrected chi connectivity index (χ1v) is 25.7. The van der Waals surface area contributed by atoms with E-state index >= 15 is 0 Å². The molecule has 0 amide bonds. The molecule has 1 unspecified atom stereocenters. The van der Waals surface area contributed by atoms with Crippen molar-refractivity contribution in [3.05, 3.63) is 0 Å². The first kappa shape index (κ1) is 50.4. The second-order valence-corrected chi connectivity index (χ2v) is 23.4. The highest BCUT2D eigenvalue weighted by molar-refractivity contribution is 7.91. The fourth-order valence-corrected chi connectivity index (χ4v) is 14.5. The van der Waals surface area contributed by atoms with E-state index in [1.807, 2.05) is 0 Å². The van der Waals surface area contributed by atoms with E-state index in [-0.39, 0.29) is 87.8 Å². The molecule has 6 saturated heterocycles. The van der Waals surface area contributed by atoms with Crippen LogP contribution in [-0.4, -0.2) is 211 Å². The van der Waals surface area contributed by atoms with E-state index in [2.05, 4.69) is 10.6 Å². The van der Waals surface area contributed by atoms with Gasteiger partial charge in [-0.05, 0) is 57.6 Å². The average Bonchev–Trinajstić information content (AvgIpc) is 3.68. The first-order valence-electron chi connectivity index (χ1n) is 21.1. The van der Waals surface area contributed by atoms with Crippen LogP contribution >= 0.6 is 0 Å². The molecule has 23 nitrogen and oxygen atoms in total. The maximum atomic E-state index is 13.6. The third-order valence-corrected chi connectivity index (χ3v) is 18.8. The normalized spacial score (nSPS) is 30.7. The van der Waals surface area contributed by atoms with Crippen LogP contribution in [0, 0.1) is 11.8 Å². The molecule has 350 valence electrons. The molecule has 6 aliphatic rings. The highest BCUT2D eigenvalue weighted by atomic mass is 32.2. The molecule has 0 aromatic carbocycles. The Morgan fingerprint density at radius 3 is 1.61 bits per heavy atom. The lowest BCUT2D eigenvalue weighted by atomic mass is 9.78. The Balaban J connectivity index is 0.000000231. The number of carboxylic acid groups (broad SMARTS) is 2. The van der Waals surface area contributed by atoms with Crippen molar-refractivity contribution in [1.82, 2.24) is 27.9 Å².